The maximum absolute atomic E-state index is 11.1. The third-order valence-corrected chi connectivity index (χ3v) is 4.48. The van der Waals surface area contributed by atoms with Crippen LogP contribution in [0.5, 0.6) is 0 Å². The van der Waals surface area contributed by atoms with E-state index in [1.807, 2.05) is 6.07 Å². The van der Waals surface area contributed by atoms with E-state index in [0.717, 1.165) is 18.8 Å². The van der Waals surface area contributed by atoms with E-state index in [4.69, 9.17) is 11.5 Å². The Labute approximate surface area is 114 Å². The molecular formula is C15H23N3O. The van der Waals surface area contributed by atoms with Crippen molar-refractivity contribution >= 4 is 17.3 Å². The van der Waals surface area contributed by atoms with Crippen molar-refractivity contribution in [1.82, 2.24) is 0 Å². The van der Waals surface area contributed by atoms with Crippen molar-refractivity contribution in [1.29, 1.82) is 0 Å². The molecule has 1 aliphatic heterocycles. The number of nitrogen functional groups attached to an aromatic ring is 1. The van der Waals surface area contributed by atoms with E-state index in [2.05, 4.69) is 18.7 Å². The monoisotopic (exact) mass is 261 g/mol. The lowest BCUT2D eigenvalue weighted by Gasteiger charge is -2.40. The maximum Gasteiger partial charge on any atom is 0.248 e. The number of primary amides is 1. The summed E-state index contributed by atoms with van der Waals surface area (Å²) in [7, 11) is 0. The van der Waals surface area contributed by atoms with E-state index in [-0.39, 0.29) is 0 Å². The van der Waals surface area contributed by atoms with Crippen LogP contribution in [0, 0.1) is 5.41 Å². The predicted octanol–water partition coefficient (Wildman–Crippen LogP) is 2.38. The van der Waals surface area contributed by atoms with Crippen LogP contribution in [0.25, 0.3) is 0 Å². The fourth-order valence-corrected chi connectivity index (χ4v) is 2.64. The SMILES string of the molecule is CCC1(C)CCN(c2ccc(C(N)=O)cc2N)CC1. The zero-order valence-electron chi connectivity index (χ0n) is 11.8. The number of piperidine rings is 1. The van der Waals surface area contributed by atoms with Gasteiger partial charge >= 0.3 is 0 Å². The first-order valence-electron chi connectivity index (χ1n) is 6.89. The molecular weight excluding hydrogens is 238 g/mol. The van der Waals surface area contributed by atoms with E-state index < -0.39 is 5.91 Å². The molecule has 104 valence electrons. The van der Waals surface area contributed by atoms with Crippen molar-refractivity contribution in [2.45, 2.75) is 33.1 Å². The number of carbonyl (C=O) groups is 1. The van der Waals surface area contributed by atoms with Crippen LogP contribution >= 0.6 is 0 Å². The van der Waals surface area contributed by atoms with Gasteiger partial charge in [0.25, 0.3) is 0 Å². The lowest BCUT2D eigenvalue weighted by molar-refractivity contribution is 0.100. The number of nitrogens with two attached hydrogens (primary N) is 2. The topological polar surface area (TPSA) is 72.3 Å². The van der Waals surface area contributed by atoms with Crippen LogP contribution in [0.1, 0.15) is 43.5 Å². The summed E-state index contributed by atoms with van der Waals surface area (Å²) in [5.41, 5.74) is 13.9. The van der Waals surface area contributed by atoms with Gasteiger partial charge in [0.05, 0.1) is 11.4 Å². The number of anilines is 2. The van der Waals surface area contributed by atoms with Gasteiger partial charge in [-0.3, -0.25) is 4.79 Å². The third kappa shape index (κ3) is 2.83. The van der Waals surface area contributed by atoms with Gasteiger partial charge in [0.15, 0.2) is 0 Å². The Bertz CT molecular complexity index is 476. The molecule has 0 aromatic heterocycles. The highest BCUT2D eigenvalue weighted by molar-refractivity contribution is 5.94. The minimum absolute atomic E-state index is 0.435. The van der Waals surface area contributed by atoms with Gasteiger partial charge in [0, 0.05) is 18.7 Å². The molecule has 2 rings (SSSR count). The predicted molar refractivity (Wildman–Crippen MR) is 79.2 cm³/mol. The van der Waals surface area contributed by atoms with Crippen LogP contribution in [0.3, 0.4) is 0 Å². The molecule has 19 heavy (non-hydrogen) atoms. The lowest BCUT2D eigenvalue weighted by atomic mass is 9.78. The molecule has 0 unspecified atom stereocenters. The number of amides is 1. The van der Waals surface area contributed by atoms with Crippen LogP contribution < -0.4 is 16.4 Å². The Hall–Kier alpha value is -1.71. The zero-order chi connectivity index (χ0) is 14.0. The first-order chi connectivity index (χ1) is 8.95. The average molecular weight is 261 g/mol. The van der Waals surface area contributed by atoms with Crippen LogP contribution in [0.15, 0.2) is 18.2 Å². The second-order valence-electron chi connectivity index (χ2n) is 5.79. The number of nitrogens with zero attached hydrogens (tertiary/aromatic N) is 1. The fraction of sp³-hybridized carbons (Fsp3) is 0.533. The highest BCUT2D eigenvalue weighted by Crippen LogP contribution is 2.37. The summed E-state index contributed by atoms with van der Waals surface area (Å²) < 4.78 is 0. The van der Waals surface area contributed by atoms with Gasteiger partial charge < -0.3 is 16.4 Å². The smallest absolute Gasteiger partial charge is 0.248 e. The highest BCUT2D eigenvalue weighted by atomic mass is 16.1. The second-order valence-corrected chi connectivity index (χ2v) is 5.79. The van der Waals surface area contributed by atoms with Gasteiger partial charge in [-0.15, -0.1) is 0 Å². The van der Waals surface area contributed by atoms with Gasteiger partial charge in [0.2, 0.25) is 5.91 Å². The number of benzene rings is 1. The van der Waals surface area contributed by atoms with Crippen LogP contribution in [-0.4, -0.2) is 19.0 Å². The molecule has 0 radical (unpaired) electrons. The summed E-state index contributed by atoms with van der Waals surface area (Å²) in [4.78, 5) is 13.4. The molecule has 4 nitrogen and oxygen atoms in total. The molecule has 4 heteroatoms. The number of hydrogen-bond donors (Lipinski definition) is 2. The Morgan fingerprint density at radius 3 is 2.47 bits per heavy atom. The summed E-state index contributed by atoms with van der Waals surface area (Å²) in [6, 6.07) is 5.33. The van der Waals surface area contributed by atoms with Gasteiger partial charge in [-0.05, 0) is 36.5 Å². The van der Waals surface area contributed by atoms with Gasteiger partial charge in [0.1, 0.15) is 0 Å². The Morgan fingerprint density at radius 2 is 2.00 bits per heavy atom. The molecule has 1 aromatic carbocycles. The first kappa shape index (κ1) is 13.7. The fourth-order valence-electron chi connectivity index (χ4n) is 2.64. The van der Waals surface area contributed by atoms with E-state index >= 15 is 0 Å². The lowest BCUT2D eigenvalue weighted by Crippen LogP contribution is -2.38. The molecule has 4 N–H and O–H groups in total. The number of hydrogen-bond acceptors (Lipinski definition) is 3. The molecule has 1 saturated heterocycles. The normalized spacial score (nSPS) is 18.3. The number of carbonyl (C=O) groups excluding carboxylic acids is 1. The molecule has 1 aromatic rings. The standard InChI is InChI=1S/C15H23N3O/c1-3-15(2)6-8-18(9-7-15)13-5-4-11(14(17)19)10-12(13)16/h4-5,10H,3,6-9,16H2,1-2H3,(H2,17,19). The summed E-state index contributed by atoms with van der Waals surface area (Å²) in [6.07, 6.45) is 3.58. The van der Waals surface area contributed by atoms with Crippen LogP contribution in [-0.2, 0) is 0 Å². The van der Waals surface area contributed by atoms with Gasteiger partial charge in [-0.1, -0.05) is 20.3 Å². The second kappa shape index (κ2) is 5.11. The minimum atomic E-state index is -0.435. The molecule has 0 atom stereocenters. The van der Waals surface area contributed by atoms with Crippen molar-refractivity contribution in [2.24, 2.45) is 11.1 Å². The van der Waals surface area contributed by atoms with Crippen LogP contribution in [0.2, 0.25) is 0 Å². The Morgan fingerprint density at radius 1 is 1.37 bits per heavy atom. The summed E-state index contributed by atoms with van der Waals surface area (Å²) in [5.74, 6) is -0.435. The molecule has 1 aliphatic rings. The Kier molecular flexibility index (Phi) is 3.69. The molecule has 0 spiro atoms. The molecule has 1 fully saturated rings. The maximum atomic E-state index is 11.1. The van der Waals surface area contributed by atoms with Crippen molar-refractivity contribution in [3.8, 4) is 0 Å². The molecule has 0 saturated carbocycles. The zero-order valence-corrected chi connectivity index (χ0v) is 11.8. The molecule has 0 bridgehead atoms. The third-order valence-electron chi connectivity index (χ3n) is 4.48. The highest BCUT2D eigenvalue weighted by Gasteiger charge is 2.28. The summed E-state index contributed by atoms with van der Waals surface area (Å²) in [5, 5.41) is 0. The largest absolute Gasteiger partial charge is 0.397 e. The number of rotatable bonds is 3. The molecule has 1 amide bonds. The molecule has 1 heterocycles. The van der Waals surface area contributed by atoms with E-state index in [1.54, 1.807) is 12.1 Å². The first-order valence-corrected chi connectivity index (χ1v) is 6.89. The van der Waals surface area contributed by atoms with E-state index in [9.17, 15) is 4.79 Å². The minimum Gasteiger partial charge on any atom is -0.397 e. The quantitative estimate of drug-likeness (QED) is 0.820. The van der Waals surface area contributed by atoms with E-state index in [1.165, 1.54) is 19.3 Å². The Balaban J connectivity index is 2.14. The summed E-state index contributed by atoms with van der Waals surface area (Å²) in [6.45, 7) is 6.64. The average Bonchev–Trinajstić information content (AvgIpc) is 2.40. The van der Waals surface area contributed by atoms with E-state index in [0.29, 0.717) is 16.7 Å². The van der Waals surface area contributed by atoms with Crippen molar-refractivity contribution < 1.29 is 4.79 Å². The van der Waals surface area contributed by atoms with Gasteiger partial charge in [-0.25, -0.2) is 0 Å². The van der Waals surface area contributed by atoms with Crippen molar-refractivity contribution in [3.63, 3.8) is 0 Å². The van der Waals surface area contributed by atoms with Crippen molar-refractivity contribution in [3.05, 3.63) is 23.8 Å². The van der Waals surface area contributed by atoms with Crippen LogP contribution in [0.4, 0.5) is 11.4 Å². The van der Waals surface area contributed by atoms with Crippen molar-refractivity contribution in [2.75, 3.05) is 23.7 Å². The molecule has 0 aliphatic carbocycles. The summed E-state index contributed by atoms with van der Waals surface area (Å²) >= 11 is 0. The van der Waals surface area contributed by atoms with Gasteiger partial charge in [-0.2, -0.15) is 0 Å².